The summed E-state index contributed by atoms with van der Waals surface area (Å²) in [6, 6.07) is 11.3. The Bertz CT molecular complexity index is 899. The van der Waals surface area contributed by atoms with Gasteiger partial charge in [0.2, 0.25) is 10.0 Å². The fourth-order valence-corrected chi connectivity index (χ4v) is 4.34. The van der Waals surface area contributed by atoms with Crippen molar-refractivity contribution >= 4 is 21.8 Å². The highest BCUT2D eigenvalue weighted by Crippen LogP contribution is 2.21. The van der Waals surface area contributed by atoms with Gasteiger partial charge in [0, 0.05) is 6.54 Å². The third-order valence-corrected chi connectivity index (χ3v) is 6.05. The maximum absolute atomic E-state index is 12.9. The number of ether oxygens (including phenoxy) is 1. The van der Waals surface area contributed by atoms with E-state index in [1.165, 1.54) is 22.7 Å². The van der Waals surface area contributed by atoms with Crippen molar-refractivity contribution in [2.24, 2.45) is 0 Å². The van der Waals surface area contributed by atoms with E-state index in [0.29, 0.717) is 18.8 Å². The first-order valence-electron chi connectivity index (χ1n) is 8.75. The SMILES string of the molecule is O=C(NCc1ccco1)C(=O)NC[C@@H]1OCCCN1S(=O)(=O)c1ccccc1. The molecule has 0 unspecified atom stereocenters. The Labute approximate surface area is 162 Å². The molecule has 10 heteroatoms. The number of furan rings is 1. The van der Waals surface area contributed by atoms with E-state index in [1.54, 1.807) is 30.3 Å². The van der Waals surface area contributed by atoms with Crippen LogP contribution in [0.25, 0.3) is 0 Å². The van der Waals surface area contributed by atoms with E-state index in [2.05, 4.69) is 10.6 Å². The second-order valence-electron chi connectivity index (χ2n) is 6.08. The lowest BCUT2D eigenvalue weighted by atomic mass is 10.3. The molecule has 2 heterocycles. The zero-order valence-electron chi connectivity index (χ0n) is 15.0. The molecule has 1 atom stereocenters. The molecule has 2 N–H and O–H groups in total. The molecule has 1 aliphatic heterocycles. The van der Waals surface area contributed by atoms with Gasteiger partial charge in [-0.05, 0) is 30.7 Å². The van der Waals surface area contributed by atoms with E-state index in [4.69, 9.17) is 9.15 Å². The lowest BCUT2D eigenvalue weighted by molar-refractivity contribution is -0.140. The summed E-state index contributed by atoms with van der Waals surface area (Å²) in [6.45, 7) is 0.571. The first kappa shape index (κ1) is 20.1. The standard InChI is InChI=1S/C18H21N3O6S/c22-17(19-12-14-6-4-10-26-14)18(23)20-13-16-21(9-5-11-27-16)28(24,25)15-7-2-1-3-8-15/h1-4,6-8,10,16H,5,9,11-13H2,(H,19,22)(H,20,23)/t16-/m0/s1. The van der Waals surface area contributed by atoms with E-state index >= 15 is 0 Å². The summed E-state index contributed by atoms with van der Waals surface area (Å²) in [5.74, 6) is -1.21. The number of hydrogen-bond acceptors (Lipinski definition) is 6. The minimum absolute atomic E-state index is 0.0771. The largest absolute Gasteiger partial charge is 0.467 e. The van der Waals surface area contributed by atoms with Crippen LogP contribution in [0, 0.1) is 0 Å². The van der Waals surface area contributed by atoms with E-state index in [0.717, 1.165) is 0 Å². The van der Waals surface area contributed by atoms with Gasteiger partial charge in [-0.2, -0.15) is 4.31 Å². The minimum atomic E-state index is -3.78. The fraction of sp³-hybridized carbons (Fsp3) is 0.333. The Balaban J connectivity index is 1.58. The molecule has 1 aromatic heterocycles. The first-order chi connectivity index (χ1) is 13.5. The Kier molecular flexibility index (Phi) is 6.45. The van der Waals surface area contributed by atoms with Crippen molar-refractivity contribution in [1.82, 2.24) is 14.9 Å². The van der Waals surface area contributed by atoms with Crippen LogP contribution in [-0.2, 0) is 30.9 Å². The number of carbonyl (C=O) groups excluding carboxylic acids is 2. The van der Waals surface area contributed by atoms with Gasteiger partial charge in [-0.3, -0.25) is 9.59 Å². The summed E-state index contributed by atoms with van der Waals surface area (Å²) < 4.78 is 37.5. The molecule has 2 aromatic rings. The first-order valence-corrected chi connectivity index (χ1v) is 10.2. The molecule has 0 saturated carbocycles. The smallest absolute Gasteiger partial charge is 0.309 e. The second-order valence-corrected chi connectivity index (χ2v) is 7.97. The molecule has 150 valence electrons. The Morgan fingerprint density at radius 3 is 2.54 bits per heavy atom. The van der Waals surface area contributed by atoms with Crippen molar-refractivity contribution in [3.05, 3.63) is 54.5 Å². The highest BCUT2D eigenvalue weighted by atomic mass is 32.2. The molecule has 3 rings (SSSR count). The van der Waals surface area contributed by atoms with Gasteiger partial charge in [-0.25, -0.2) is 8.42 Å². The molecular formula is C18H21N3O6S. The van der Waals surface area contributed by atoms with Crippen molar-refractivity contribution in [1.29, 1.82) is 0 Å². The maximum atomic E-state index is 12.9. The zero-order chi connectivity index (χ0) is 20.0. The van der Waals surface area contributed by atoms with Gasteiger partial charge in [0.15, 0.2) is 0 Å². The third kappa shape index (κ3) is 4.77. The molecule has 2 amide bonds. The number of benzene rings is 1. The number of nitrogens with one attached hydrogen (secondary N) is 2. The second kappa shape index (κ2) is 9.00. The van der Waals surface area contributed by atoms with Crippen molar-refractivity contribution < 1.29 is 27.2 Å². The fourth-order valence-electron chi connectivity index (χ4n) is 2.75. The molecule has 1 fully saturated rings. The van der Waals surface area contributed by atoms with E-state index in [1.807, 2.05) is 0 Å². The Morgan fingerprint density at radius 2 is 1.82 bits per heavy atom. The molecule has 1 aliphatic rings. The van der Waals surface area contributed by atoms with Gasteiger partial charge >= 0.3 is 11.8 Å². The quantitative estimate of drug-likeness (QED) is 0.672. The van der Waals surface area contributed by atoms with Gasteiger partial charge in [0.1, 0.15) is 12.0 Å². The number of rotatable bonds is 6. The number of carbonyl (C=O) groups is 2. The summed E-state index contributed by atoms with van der Waals surface area (Å²) in [4.78, 5) is 24.0. The molecular weight excluding hydrogens is 386 g/mol. The summed E-state index contributed by atoms with van der Waals surface area (Å²) in [7, 11) is -3.78. The lowest BCUT2D eigenvalue weighted by Gasteiger charge is -2.34. The van der Waals surface area contributed by atoms with Crippen molar-refractivity contribution in [2.75, 3.05) is 19.7 Å². The Morgan fingerprint density at radius 1 is 1.07 bits per heavy atom. The summed E-state index contributed by atoms with van der Waals surface area (Å²) in [5.41, 5.74) is 0. The average Bonchev–Trinajstić information content (AvgIpc) is 3.24. The van der Waals surface area contributed by atoms with Crippen molar-refractivity contribution in [3.8, 4) is 0 Å². The van der Waals surface area contributed by atoms with Gasteiger partial charge in [0.25, 0.3) is 0 Å². The number of hydrogen-bond donors (Lipinski definition) is 2. The minimum Gasteiger partial charge on any atom is -0.467 e. The molecule has 0 spiro atoms. The number of nitrogens with zero attached hydrogens (tertiary/aromatic N) is 1. The van der Waals surface area contributed by atoms with Crippen LogP contribution < -0.4 is 10.6 Å². The van der Waals surface area contributed by atoms with Crippen LogP contribution in [0.5, 0.6) is 0 Å². The lowest BCUT2D eigenvalue weighted by Crippen LogP contribution is -2.53. The van der Waals surface area contributed by atoms with E-state index in [-0.39, 0.29) is 24.5 Å². The third-order valence-electron chi connectivity index (χ3n) is 4.15. The van der Waals surface area contributed by atoms with Gasteiger partial charge in [-0.1, -0.05) is 18.2 Å². The highest BCUT2D eigenvalue weighted by Gasteiger charge is 2.34. The van der Waals surface area contributed by atoms with Crippen LogP contribution >= 0.6 is 0 Å². The van der Waals surface area contributed by atoms with E-state index < -0.39 is 28.1 Å². The van der Waals surface area contributed by atoms with Crippen LogP contribution in [0.1, 0.15) is 12.2 Å². The molecule has 0 radical (unpaired) electrons. The normalized spacial score (nSPS) is 17.8. The van der Waals surface area contributed by atoms with Gasteiger partial charge < -0.3 is 19.8 Å². The van der Waals surface area contributed by atoms with Gasteiger partial charge in [-0.15, -0.1) is 0 Å². The predicted octanol–water partition coefficient (Wildman–Crippen LogP) is 0.449. The summed E-state index contributed by atoms with van der Waals surface area (Å²) in [6.07, 6.45) is 1.12. The maximum Gasteiger partial charge on any atom is 0.309 e. The molecule has 28 heavy (non-hydrogen) atoms. The number of amides is 2. The summed E-state index contributed by atoms with van der Waals surface area (Å²) in [5, 5.41) is 4.85. The van der Waals surface area contributed by atoms with Crippen LogP contribution in [0.4, 0.5) is 0 Å². The molecule has 0 bridgehead atoms. The van der Waals surface area contributed by atoms with E-state index in [9.17, 15) is 18.0 Å². The van der Waals surface area contributed by atoms with Crippen LogP contribution in [0.3, 0.4) is 0 Å². The monoisotopic (exact) mass is 407 g/mol. The van der Waals surface area contributed by atoms with Crippen LogP contribution in [0.15, 0.2) is 58.0 Å². The average molecular weight is 407 g/mol. The molecule has 9 nitrogen and oxygen atoms in total. The van der Waals surface area contributed by atoms with Gasteiger partial charge in [0.05, 0.1) is 30.9 Å². The van der Waals surface area contributed by atoms with Crippen LogP contribution in [0.2, 0.25) is 0 Å². The number of sulfonamides is 1. The Hall–Kier alpha value is -2.69. The predicted molar refractivity (Wildman–Crippen MR) is 98.3 cm³/mol. The summed E-state index contributed by atoms with van der Waals surface area (Å²) >= 11 is 0. The highest BCUT2D eigenvalue weighted by molar-refractivity contribution is 7.89. The van der Waals surface area contributed by atoms with Crippen molar-refractivity contribution in [2.45, 2.75) is 24.1 Å². The topological polar surface area (TPSA) is 118 Å². The zero-order valence-corrected chi connectivity index (χ0v) is 15.9. The van der Waals surface area contributed by atoms with Crippen molar-refractivity contribution in [3.63, 3.8) is 0 Å². The molecule has 0 aliphatic carbocycles. The molecule has 1 saturated heterocycles. The van der Waals surface area contributed by atoms with Crippen LogP contribution in [-0.4, -0.2) is 50.5 Å². The molecule has 1 aromatic carbocycles.